The van der Waals surface area contributed by atoms with E-state index in [0.717, 1.165) is 12.8 Å². The van der Waals surface area contributed by atoms with E-state index in [1.54, 1.807) is 4.90 Å². The molecule has 4 heteroatoms. The van der Waals surface area contributed by atoms with E-state index in [-0.39, 0.29) is 5.91 Å². The second-order valence-corrected chi connectivity index (χ2v) is 4.53. The van der Waals surface area contributed by atoms with Crippen LogP contribution in [0.25, 0.3) is 0 Å². The summed E-state index contributed by atoms with van der Waals surface area (Å²) in [5, 5.41) is 8.73. The lowest BCUT2D eigenvalue weighted by Crippen LogP contribution is -2.59. The van der Waals surface area contributed by atoms with Crippen molar-refractivity contribution < 1.29 is 14.7 Å². The number of rotatable bonds is 2. The molecule has 15 heavy (non-hydrogen) atoms. The van der Waals surface area contributed by atoms with Gasteiger partial charge in [-0.1, -0.05) is 25.7 Å². The molecular formula is C11H17NO3. The maximum absolute atomic E-state index is 11.6. The molecule has 84 valence electrons. The zero-order chi connectivity index (χ0) is 10.8. The molecule has 0 bridgehead atoms. The first kappa shape index (κ1) is 10.5. The first-order chi connectivity index (χ1) is 7.20. The number of amides is 1. The Kier molecular flexibility index (Phi) is 2.93. The zero-order valence-corrected chi connectivity index (χ0v) is 8.82. The van der Waals surface area contributed by atoms with Crippen molar-refractivity contribution in [3.05, 3.63) is 0 Å². The van der Waals surface area contributed by atoms with Gasteiger partial charge in [-0.15, -0.1) is 0 Å². The number of hydrogen-bond donors (Lipinski definition) is 1. The van der Waals surface area contributed by atoms with Crippen LogP contribution >= 0.6 is 0 Å². The SMILES string of the molecule is O=C(O)C1CN(C2CCCCCC2)C1=O. The van der Waals surface area contributed by atoms with Crippen LogP contribution in [-0.2, 0) is 9.59 Å². The Hall–Kier alpha value is -1.06. The third kappa shape index (κ3) is 1.98. The second kappa shape index (κ2) is 4.21. The summed E-state index contributed by atoms with van der Waals surface area (Å²) in [4.78, 5) is 24.0. The Morgan fingerprint density at radius 2 is 1.80 bits per heavy atom. The van der Waals surface area contributed by atoms with E-state index in [2.05, 4.69) is 0 Å². The fourth-order valence-electron chi connectivity index (χ4n) is 2.53. The number of carbonyl (C=O) groups excluding carboxylic acids is 1. The van der Waals surface area contributed by atoms with E-state index in [1.807, 2.05) is 0 Å². The molecule has 1 N–H and O–H groups in total. The van der Waals surface area contributed by atoms with Crippen molar-refractivity contribution in [1.82, 2.24) is 4.90 Å². The van der Waals surface area contributed by atoms with Gasteiger partial charge in [0.05, 0.1) is 0 Å². The molecule has 4 nitrogen and oxygen atoms in total. The molecule has 1 heterocycles. The number of carbonyl (C=O) groups is 2. The van der Waals surface area contributed by atoms with Crippen LogP contribution < -0.4 is 0 Å². The highest BCUT2D eigenvalue weighted by Crippen LogP contribution is 2.28. The number of nitrogens with zero attached hydrogens (tertiary/aromatic N) is 1. The third-order valence-corrected chi connectivity index (χ3v) is 3.52. The van der Waals surface area contributed by atoms with Crippen LogP contribution in [0.15, 0.2) is 0 Å². The zero-order valence-electron chi connectivity index (χ0n) is 8.82. The van der Waals surface area contributed by atoms with E-state index < -0.39 is 11.9 Å². The van der Waals surface area contributed by atoms with Gasteiger partial charge in [-0.3, -0.25) is 9.59 Å². The van der Waals surface area contributed by atoms with E-state index in [1.165, 1.54) is 25.7 Å². The van der Waals surface area contributed by atoms with Crippen molar-refractivity contribution in [1.29, 1.82) is 0 Å². The molecule has 0 spiro atoms. The molecule has 1 aliphatic heterocycles. The van der Waals surface area contributed by atoms with Crippen LogP contribution in [0.4, 0.5) is 0 Å². The number of carboxylic acid groups (broad SMARTS) is 1. The van der Waals surface area contributed by atoms with Crippen LogP contribution in [-0.4, -0.2) is 34.5 Å². The van der Waals surface area contributed by atoms with E-state index in [0.29, 0.717) is 12.6 Å². The molecular weight excluding hydrogens is 194 g/mol. The van der Waals surface area contributed by atoms with Crippen LogP contribution in [0.5, 0.6) is 0 Å². The highest BCUT2D eigenvalue weighted by Gasteiger charge is 2.44. The average Bonchev–Trinajstić information content (AvgIpc) is 2.44. The lowest BCUT2D eigenvalue weighted by Gasteiger charge is -2.41. The quantitative estimate of drug-likeness (QED) is 0.425. The maximum Gasteiger partial charge on any atom is 0.317 e. The van der Waals surface area contributed by atoms with Gasteiger partial charge in [-0.25, -0.2) is 0 Å². The molecule has 0 aromatic rings. The summed E-state index contributed by atoms with van der Waals surface area (Å²) in [5.41, 5.74) is 0. The Labute approximate surface area is 89.3 Å². The highest BCUT2D eigenvalue weighted by molar-refractivity contribution is 6.01. The van der Waals surface area contributed by atoms with Gasteiger partial charge in [0.2, 0.25) is 5.91 Å². The van der Waals surface area contributed by atoms with Crippen LogP contribution in [0.3, 0.4) is 0 Å². The molecule has 2 fully saturated rings. The summed E-state index contributed by atoms with van der Waals surface area (Å²) >= 11 is 0. The number of hydrogen-bond acceptors (Lipinski definition) is 2. The first-order valence-corrected chi connectivity index (χ1v) is 5.73. The minimum absolute atomic E-state index is 0.172. The monoisotopic (exact) mass is 211 g/mol. The van der Waals surface area contributed by atoms with Crippen molar-refractivity contribution in [2.24, 2.45) is 5.92 Å². The molecule has 2 aliphatic rings. The summed E-state index contributed by atoms with van der Waals surface area (Å²) in [7, 11) is 0. The van der Waals surface area contributed by atoms with E-state index >= 15 is 0 Å². The largest absolute Gasteiger partial charge is 0.481 e. The van der Waals surface area contributed by atoms with Gasteiger partial charge in [0.25, 0.3) is 0 Å². The predicted molar refractivity (Wildman–Crippen MR) is 54.3 cm³/mol. The molecule has 1 amide bonds. The minimum Gasteiger partial charge on any atom is -0.481 e. The molecule has 0 aromatic carbocycles. The Morgan fingerprint density at radius 3 is 2.27 bits per heavy atom. The predicted octanol–water partition coefficient (Wildman–Crippen LogP) is 1.25. The number of aliphatic carboxylic acids is 1. The standard InChI is InChI=1S/C11H17NO3/c13-10-9(11(14)15)7-12(10)8-5-3-1-2-4-6-8/h8-9H,1-7H2,(H,14,15). The summed E-state index contributed by atoms with van der Waals surface area (Å²) in [5.74, 6) is -1.90. The molecule has 1 aliphatic carbocycles. The van der Waals surface area contributed by atoms with Gasteiger partial charge in [0.1, 0.15) is 0 Å². The fourth-order valence-corrected chi connectivity index (χ4v) is 2.53. The fraction of sp³-hybridized carbons (Fsp3) is 0.818. The highest BCUT2D eigenvalue weighted by atomic mass is 16.4. The Bertz CT molecular complexity index is 269. The van der Waals surface area contributed by atoms with E-state index in [4.69, 9.17) is 5.11 Å². The molecule has 1 atom stereocenters. The molecule has 2 rings (SSSR count). The molecule has 1 saturated heterocycles. The van der Waals surface area contributed by atoms with Gasteiger partial charge in [0.15, 0.2) is 5.92 Å². The van der Waals surface area contributed by atoms with Gasteiger partial charge in [-0.05, 0) is 12.8 Å². The summed E-state index contributed by atoms with van der Waals surface area (Å²) < 4.78 is 0. The molecule has 1 saturated carbocycles. The van der Waals surface area contributed by atoms with Crippen LogP contribution in [0, 0.1) is 5.92 Å². The number of likely N-dealkylation sites (tertiary alicyclic amines) is 1. The smallest absolute Gasteiger partial charge is 0.317 e. The van der Waals surface area contributed by atoms with Crippen molar-refractivity contribution in [2.75, 3.05) is 6.54 Å². The van der Waals surface area contributed by atoms with Crippen molar-refractivity contribution in [3.8, 4) is 0 Å². The van der Waals surface area contributed by atoms with Crippen molar-refractivity contribution in [3.63, 3.8) is 0 Å². The summed E-state index contributed by atoms with van der Waals surface area (Å²) in [6, 6.07) is 0.315. The van der Waals surface area contributed by atoms with Crippen LogP contribution in [0.1, 0.15) is 38.5 Å². The van der Waals surface area contributed by atoms with Gasteiger partial charge in [0, 0.05) is 12.6 Å². The summed E-state index contributed by atoms with van der Waals surface area (Å²) in [6.07, 6.45) is 6.95. The maximum atomic E-state index is 11.6. The van der Waals surface area contributed by atoms with Crippen molar-refractivity contribution >= 4 is 11.9 Å². The number of β-lactam (4-membered cyclic amide) rings is 1. The van der Waals surface area contributed by atoms with Gasteiger partial charge < -0.3 is 10.0 Å². The number of carboxylic acids is 1. The second-order valence-electron chi connectivity index (χ2n) is 4.53. The van der Waals surface area contributed by atoms with Gasteiger partial charge >= 0.3 is 5.97 Å². The molecule has 0 radical (unpaired) electrons. The van der Waals surface area contributed by atoms with Crippen LogP contribution in [0.2, 0.25) is 0 Å². The Balaban J connectivity index is 1.90. The Morgan fingerprint density at radius 1 is 1.20 bits per heavy atom. The van der Waals surface area contributed by atoms with Gasteiger partial charge in [-0.2, -0.15) is 0 Å². The average molecular weight is 211 g/mol. The topological polar surface area (TPSA) is 57.6 Å². The normalized spacial score (nSPS) is 28.4. The molecule has 1 unspecified atom stereocenters. The van der Waals surface area contributed by atoms with Crippen molar-refractivity contribution in [2.45, 2.75) is 44.6 Å². The minimum atomic E-state index is -0.968. The lowest BCUT2D eigenvalue weighted by atomic mass is 9.93. The lowest BCUT2D eigenvalue weighted by molar-refractivity contribution is -0.164. The van der Waals surface area contributed by atoms with E-state index in [9.17, 15) is 9.59 Å². The molecule has 0 aromatic heterocycles. The third-order valence-electron chi connectivity index (χ3n) is 3.52. The first-order valence-electron chi connectivity index (χ1n) is 5.73. The summed E-state index contributed by atoms with van der Waals surface area (Å²) in [6.45, 7) is 0.429.